The second kappa shape index (κ2) is 10.2. The van der Waals surface area contributed by atoms with E-state index in [1.165, 1.54) is 23.8 Å². The van der Waals surface area contributed by atoms with Crippen LogP contribution >= 0.6 is 24.0 Å². The molecule has 1 fully saturated rings. The standard InChI is InChI=1S/C19H25NO5S2/c1-4-14(16(21)12(2)25-10-13-8-6-5-7-9-13)17(22)20-15(18(23)24-3)11-27-19(20)26/h5-9,12,14-16,21H,4,10-11H2,1-3H3. The van der Waals surface area contributed by atoms with E-state index in [0.29, 0.717) is 23.1 Å². The molecule has 0 aromatic heterocycles. The van der Waals surface area contributed by atoms with Gasteiger partial charge in [0.25, 0.3) is 0 Å². The fourth-order valence-corrected chi connectivity index (χ4v) is 4.31. The molecule has 4 unspecified atom stereocenters. The Kier molecular flexibility index (Phi) is 8.22. The third-order valence-electron chi connectivity index (χ3n) is 4.59. The topological polar surface area (TPSA) is 76.1 Å². The normalized spacial score (nSPS) is 20.2. The molecule has 1 amide bonds. The van der Waals surface area contributed by atoms with Crippen LogP contribution in [-0.4, -0.2) is 57.3 Å². The minimum atomic E-state index is -1.02. The van der Waals surface area contributed by atoms with E-state index in [-0.39, 0.29) is 5.91 Å². The maximum absolute atomic E-state index is 13.0. The van der Waals surface area contributed by atoms with Crippen LogP contribution < -0.4 is 0 Å². The van der Waals surface area contributed by atoms with Crippen LogP contribution in [0.3, 0.4) is 0 Å². The maximum Gasteiger partial charge on any atom is 0.329 e. The molecule has 1 heterocycles. The SMILES string of the molecule is CCC(C(=O)N1C(=S)SCC1C(=O)OC)C(O)C(C)OCc1ccccc1. The Morgan fingerprint density at radius 2 is 2.04 bits per heavy atom. The van der Waals surface area contributed by atoms with Crippen LogP contribution in [0.1, 0.15) is 25.8 Å². The number of amides is 1. The number of carbonyl (C=O) groups is 2. The Morgan fingerprint density at radius 1 is 1.37 bits per heavy atom. The summed E-state index contributed by atoms with van der Waals surface area (Å²) in [5.41, 5.74) is 0.985. The summed E-state index contributed by atoms with van der Waals surface area (Å²) in [6, 6.07) is 8.86. The van der Waals surface area contributed by atoms with Crippen molar-refractivity contribution < 1.29 is 24.2 Å². The van der Waals surface area contributed by atoms with Gasteiger partial charge in [0, 0.05) is 5.75 Å². The summed E-state index contributed by atoms with van der Waals surface area (Å²) in [7, 11) is 1.28. The first-order valence-electron chi connectivity index (χ1n) is 8.81. The fourth-order valence-electron chi connectivity index (χ4n) is 2.94. The largest absolute Gasteiger partial charge is 0.467 e. The van der Waals surface area contributed by atoms with Crippen LogP contribution in [0.15, 0.2) is 30.3 Å². The average molecular weight is 412 g/mol. The number of thiocarbonyl (C=S) groups is 1. The van der Waals surface area contributed by atoms with Crippen LogP contribution in [0.2, 0.25) is 0 Å². The van der Waals surface area contributed by atoms with Gasteiger partial charge in [-0.2, -0.15) is 0 Å². The molecule has 0 aliphatic carbocycles. The van der Waals surface area contributed by atoms with Crippen molar-refractivity contribution in [2.45, 2.75) is 45.1 Å². The summed E-state index contributed by atoms with van der Waals surface area (Å²) in [6.45, 7) is 3.89. The summed E-state index contributed by atoms with van der Waals surface area (Å²) in [6.07, 6.45) is -1.17. The van der Waals surface area contributed by atoms with Gasteiger partial charge in [-0.1, -0.05) is 61.2 Å². The highest BCUT2D eigenvalue weighted by Crippen LogP contribution is 2.29. The third-order valence-corrected chi connectivity index (χ3v) is 6.07. The third kappa shape index (κ3) is 5.28. The molecule has 27 heavy (non-hydrogen) atoms. The predicted octanol–water partition coefficient (Wildman–Crippen LogP) is 2.38. The smallest absolute Gasteiger partial charge is 0.329 e. The second-order valence-electron chi connectivity index (χ2n) is 6.33. The zero-order valence-corrected chi connectivity index (χ0v) is 17.3. The molecule has 8 heteroatoms. The van der Waals surface area contributed by atoms with E-state index < -0.39 is 30.1 Å². The molecule has 1 aromatic carbocycles. The van der Waals surface area contributed by atoms with Crippen molar-refractivity contribution in [2.24, 2.45) is 5.92 Å². The summed E-state index contributed by atoms with van der Waals surface area (Å²) in [5, 5.41) is 10.7. The van der Waals surface area contributed by atoms with Gasteiger partial charge in [-0.05, 0) is 18.9 Å². The van der Waals surface area contributed by atoms with Crippen molar-refractivity contribution in [1.29, 1.82) is 0 Å². The lowest BCUT2D eigenvalue weighted by molar-refractivity contribution is -0.152. The van der Waals surface area contributed by atoms with Gasteiger partial charge in [0.2, 0.25) is 5.91 Å². The van der Waals surface area contributed by atoms with Crippen LogP contribution in [-0.2, 0) is 25.7 Å². The highest BCUT2D eigenvalue weighted by atomic mass is 32.2. The van der Waals surface area contributed by atoms with E-state index in [1.54, 1.807) is 6.92 Å². The number of methoxy groups -OCH3 is 1. The first-order chi connectivity index (χ1) is 12.9. The summed E-state index contributed by atoms with van der Waals surface area (Å²) in [5.74, 6) is -1.23. The van der Waals surface area contributed by atoms with Gasteiger partial charge < -0.3 is 14.6 Å². The number of esters is 1. The van der Waals surface area contributed by atoms with Gasteiger partial charge in [-0.25, -0.2) is 4.79 Å². The first kappa shape index (κ1) is 21.8. The molecule has 0 saturated carbocycles. The van der Waals surface area contributed by atoms with E-state index in [9.17, 15) is 14.7 Å². The van der Waals surface area contributed by atoms with E-state index in [2.05, 4.69) is 0 Å². The average Bonchev–Trinajstić information content (AvgIpc) is 3.08. The Hall–Kier alpha value is -1.48. The number of rotatable bonds is 8. The van der Waals surface area contributed by atoms with Crippen molar-refractivity contribution in [3.63, 3.8) is 0 Å². The van der Waals surface area contributed by atoms with Crippen LogP contribution in [0, 0.1) is 5.92 Å². The summed E-state index contributed by atoms with van der Waals surface area (Å²) in [4.78, 5) is 26.3. The number of aliphatic hydroxyl groups is 1. The van der Waals surface area contributed by atoms with Gasteiger partial charge in [0.1, 0.15) is 10.4 Å². The van der Waals surface area contributed by atoms with Crippen molar-refractivity contribution >= 4 is 40.2 Å². The van der Waals surface area contributed by atoms with E-state index >= 15 is 0 Å². The fraction of sp³-hybridized carbons (Fsp3) is 0.526. The first-order valence-corrected chi connectivity index (χ1v) is 10.2. The highest BCUT2D eigenvalue weighted by Gasteiger charge is 2.43. The summed E-state index contributed by atoms with van der Waals surface area (Å²) >= 11 is 6.51. The van der Waals surface area contributed by atoms with E-state index in [4.69, 9.17) is 21.7 Å². The maximum atomic E-state index is 13.0. The van der Waals surface area contributed by atoms with E-state index in [1.807, 2.05) is 37.3 Å². The lowest BCUT2D eigenvalue weighted by Crippen LogP contribution is -2.50. The number of hydrogen-bond donors (Lipinski definition) is 1. The lowest BCUT2D eigenvalue weighted by Gasteiger charge is -2.31. The summed E-state index contributed by atoms with van der Waals surface area (Å²) < 4.78 is 10.9. The van der Waals surface area contributed by atoms with Crippen molar-refractivity contribution in [2.75, 3.05) is 12.9 Å². The molecule has 1 aliphatic heterocycles. The number of benzene rings is 1. The molecule has 4 atom stereocenters. The highest BCUT2D eigenvalue weighted by molar-refractivity contribution is 8.23. The monoisotopic (exact) mass is 411 g/mol. The molecule has 1 N–H and O–H groups in total. The molecule has 6 nitrogen and oxygen atoms in total. The lowest BCUT2D eigenvalue weighted by atomic mass is 9.93. The van der Waals surface area contributed by atoms with Crippen molar-refractivity contribution in [3.8, 4) is 0 Å². The molecule has 1 aromatic rings. The van der Waals surface area contributed by atoms with Gasteiger partial charge in [0.15, 0.2) is 0 Å². The van der Waals surface area contributed by atoms with Gasteiger partial charge in [-0.3, -0.25) is 9.69 Å². The Bertz CT molecular complexity index is 669. The second-order valence-corrected chi connectivity index (χ2v) is 7.98. The zero-order chi connectivity index (χ0) is 20.0. The Labute approximate surface area is 169 Å². The number of thioether (sulfide) groups is 1. The van der Waals surface area contributed by atoms with Crippen molar-refractivity contribution in [1.82, 2.24) is 4.90 Å². The predicted molar refractivity (Wildman–Crippen MR) is 108 cm³/mol. The van der Waals surface area contributed by atoms with Gasteiger partial charge >= 0.3 is 5.97 Å². The van der Waals surface area contributed by atoms with E-state index in [0.717, 1.165) is 5.56 Å². The molecule has 0 spiro atoms. The van der Waals surface area contributed by atoms with Gasteiger partial charge in [0.05, 0.1) is 31.8 Å². The molecule has 0 bridgehead atoms. The van der Waals surface area contributed by atoms with Crippen molar-refractivity contribution in [3.05, 3.63) is 35.9 Å². The molecular formula is C19H25NO5S2. The van der Waals surface area contributed by atoms with Crippen LogP contribution in [0.4, 0.5) is 0 Å². The number of carbonyl (C=O) groups excluding carboxylic acids is 2. The number of aliphatic hydroxyl groups excluding tert-OH is 1. The molecule has 148 valence electrons. The minimum Gasteiger partial charge on any atom is -0.467 e. The zero-order valence-electron chi connectivity index (χ0n) is 15.7. The van der Waals surface area contributed by atoms with Crippen LogP contribution in [0.5, 0.6) is 0 Å². The molecule has 1 aliphatic rings. The molecule has 0 radical (unpaired) electrons. The number of hydrogen-bond acceptors (Lipinski definition) is 7. The van der Waals surface area contributed by atoms with Crippen LogP contribution in [0.25, 0.3) is 0 Å². The minimum absolute atomic E-state index is 0.332. The quantitative estimate of drug-likeness (QED) is 0.520. The number of ether oxygens (including phenoxy) is 2. The number of nitrogens with zero attached hydrogens (tertiary/aromatic N) is 1. The Balaban J connectivity index is 2.05. The molecule has 2 rings (SSSR count). The Morgan fingerprint density at radius 3 is 2.63 bits per heavy atom. The molecule has 1 saturated heterocycles. The molecular weight excluding hydrogens is 386 g/mol. The van der Waals surface area contributed by atoms with Gasteiger partial charge in [-0.15, -0.1) is 0 Å².